The Morgan fingerprint density at radius 3 is 2.84 bits per heavy atom. The Bertz CT molecular complexity index is 443. The molecule has 0 unspecified atom stereocenters. The molecule has 4 nitrogen and oxygen atoms in total. The summed E-state index contributed by atoms with van der Waals surface area (Å²) in [5.74, 6) is 0.677. The molecule has 0 bridgehead atoms. The minimum absolute atomic E-state index is 0.395. The average Bonchev–Trinajstić information content (AvgIpc) is 2.43. The number of alkyl halides is 1. The van der Waals surface area contributed by atoms with Gasteiger partial charge in [-0.25, -0.2) is 4.79 Å². The van der Waals surface area contributed by atoms with Crippen molar-refractivity contribution in [1.29, 1.82) is 5.26 Å². The fraction of sp³-hybridized carbons (Fsp3) is 0.429. The standard InChI is InChI=1S/C14H17ClN2O2/c15-8-3-1-2-4-9-19-14(18)17-13-7-5-6-12(10-13)11-16/h5-7,10H,1-4,8-9H2,(H,17,18). The molecule has 0 spiro atoms. The number of nitrogens with one attached hydrogen (secondary N) is 1. The van der Waals surface area contributed by atoms with Crippen molar-refractivity contribution in [1.82, 2.24) is 0 Å². The summed E-state index contributed by atoms with van der Waals surface area (Å²) in [6.07, 6.45) is 3.40. The first-order valence-electron chi connectivity index (χ1n) is 6.26. The van der Waals surface area contributed by atoms with Gasteiger partial charge >= 0.3 is 6.09 Å². The minimum atomic E-state index is -0.493. The van der Waals surface area contributed by atoms with E-state index in [1.54, 1.807) is 24.3 Å². The van der Waals surface area contributed by atoms with Gasteiger partial charge in [-0.1, -0.05) is 18.9 Å². The van der Waals surface area contributed by atoms with Crippen molar-refractivity contribution in [2.75, 3.05) is 17.8 Å². The van der Waals surface area contributed by atoms with E-state index in [1.165, 1.54) is 0 Å². The molecular weight excluding hydrogens is 264 g/mol. The Morgan fingerprint density at radius 2 is 2.11 bits per heavy atom. The Morgan fingerprint density at radius 1 is 1.32 bits per heavy atom. The van der Waals surface area contributed by atoms with E-state index in [4.69, 9.17) is 21.6 Å². The van der Waals surface area contributed by atoms with E-state index < -0.39 is 6.09 Å². The topological polar surface area (TPSA) is 62.1 Å². The Hall–Kier alpha value is -1.73. The van der Waals surface area contributed by atoms with Crippen molar-refractivity contribution in [3.05, 3.63) is 29.8 Å². The number of benzene rings is 1. The van der Waals surface area contributed by atoms with Gasteiger partial charge in [0.2, 0.25) is 0 Å². The Balaban J connectivity index is 2.22. The smallest absolute Gasteiger partial charge is 0.411 e. The van der Waals surface area contributed by atoms with Gasteiger partial charge in [-0.15, -0.1) is 11.6 Å². The molecule has 0 saturated carbocycles. The third-order valence-electron chi connectivity index (χ3n) is 2.50. The normalized spacial score (nSPS) is 9.68. The maximum absolute atomic E-state index is 11.5. The lowest BCUT2D eigenvalue weighted by molar-refractivity contribution is 0.159. The highest BCUT2D eigenvalue weighted by atomic mass is 35.5. The second-order valence-corrected chi connectivity index (χ2v) is 4.43. The molecule has 0 aliphatic rings. The van der Waals surface area contributed by atoms with Gasteiger partial charge in [0.05, 0.1) is 18.2 Å². The van der Waals surface area contributed by atoms with Crippen LogP contribution in [0.3, 0.4) is 0 Å². The van der Waals surface area contributed by atoms with Gasteiger partial charge in [0.15, 0.2) is 0 Å². The number of carbonyl (C=O) groups excluding carboxylic acids is 1. The van der Waals surface area contributed by atoms with Gasteiger partial charge in [0.1, 0.15) is 0 Å². The molecule has 0 saturated heterocycles. The van der Waals surface area contributed by atoms with E-state index in [-0.39, 0.29) is 0 Å². The van der Waals surface area contributed by atoms with Crippen LogP contribution in [0.25, 0.3) is 0 Å². The van der Waals surface area contributed by atoms with Crippen LogP contribution in [0.5, 0.6) is 0 Å². The van der Waals surface area contributed by atoms with Gasteiger partial charge in [0.25, 0.3) is 0 Å². The monoisotopic (exact) mass is 280 g/mol. The van der Waals surface area contributed by atoms with Crippen molar-refractivity contribution in [2.45, 2.75) is 25.7 Å². The number of nitrogens with zero attached hydrogens (tertiary/aromatic N) is 1. The van der Waals surface area contributed by atoms with Crippen LogP contribution in [0.1, 0.15) is 31.2 Å². The van der Waals surface area contributed by atoms with Gasteiger partial charge in [-0.2, -0.15) is 5.26 Å². The highest BCUT2D eigenvalue weighted by Gasteiger charge is 2.03. The Labute approximate surface area is 118 Å². The number of rotatable bonds is 7. The minimum Gasteiger partial charge on any atom is -0.449 e. The number of unbranched alkanes of at least 4 members (excludes halogenated alkanes) is 3. The zero-order valence-corrected chi connectivity index (χ0v) is 11.4. The predicted molar refractivity (Wildman–Crippen MR) is 75.3 cm³/mol. The summed E-state index contributed by atoms with van der Waals surface area (Å²) in [4.78, 5) is 11.5. The molecule has 1 amide bonds. The number of anilines is 1. The summed E-state index contributed by atoms with van der Waals surface area (Å²) in [6, 6.07) is 8.70. The fourth-order valence-electron chi connectivity index (χ4n) is 1.54. The molecule has 0 aliphatic heterocycles. The summed E-state index contributed by atoms with van der Waals surface area (Å²) in [5, 5.41) is 11.3. The van der Waals surface area contributed by atoms with E-state index in [0.29, 0.717) is 23.7 Å². The molecular formula is C14H17ClN2O2. The van der Waals surface area contributed by atoms with Crippen LogP contribution in [0, 0.1) is 11.3 Å². The van der Waals surface area contributed by atoms with Crippen LogP contribution < -0.4 is 5.32 Å². The first kappa shape index (κ1) is 15.3. The van der Waals surface area contributed by atoms with Crippen LogP contribution >= 0.6 is 11.6 Å². The van der Waals surface area contributed by atoms with Gasteiger partial charge < -0.3 is 4.74 Å². The number of nitriles is 1. The molecule has 102 valence electrons. The van der Waals surface area contributed by atoms with E-state index in [9.17, 15) is 4.79 Å². The predicted octanol–water partition coefficient (Wildman–Crippen LogP) is 3.91. The van der Waals surface area contributed by atoms with Gasteiger partial charge in [0, 0.05) is 11.6 Å². The number of carbonyl (C=O) groups is 1. The highest BCUT2D eigenvalue weighted by molar-refractivity contribution is 6.17. The molecule has 1 rings (SSSR count). The van der Waals surface area contributed by atoms with E-state index >= 15 is 0 Å². The molecule has 1 aromatic carbocycles. The van der Waals surface area contributed by atoms with E-state index in [1.807, 2.05) is 6.07 Å². The first-order chi connectivity index (χ1) is 9.26. The maximum Gasteiger partial charge on any atom is 0.411 e. The molecule has 0 aromatic heterocycles. The fourth-order valence-corrected chi connectivity index (χ4v) is 1.72. The van der Waals surface area contributed by atoms with Crippen LogP contribution in [-0.2, 0) is 4.74 Å². The molecule has 0 radical (unpaired) electrons. The van der Waals surface area contributed by atoms with Crippen LogP contribution in [0.15, 0.2) is 24.3 Å². The summed E-state index contributed by atoms with van der Waals surface area (Å²) < 4.78 is 5.03. The van der Waals surface area contributed by atoms with Crippen LogP contribution in [0.2, 0.25) is 0 Å². The molecule has 1 aromatic rings. The van der Waals surface area contributed by atoms with Crippen molar-refractivity contribution in [2.24, 2.45) is 0 Å². The van der Waals surface area contributed by atoms with Crippen molar-refractivity contribution in [3.8, 4) is 6.07 Å². The van der Waals surface area contributed by atoms with Crippen molar-refractivity contribution < 1.29 is 9.53 Å². The summed E-state index contributed by atoms with van der Waals surface area (Å²) in [7, 11) is 0. The van der Waals surface area contributed by atoms with E-state index in [2.05, 4.69) is 5.32 Å². The number of amides is 1. The molecule has 0 heterocycles. The molecule has 5 heteroatoms. The maximum atomic E-state index is 11.5. The second kappa shape index (κ2) is 9.23. The van der Waals surface area contributed by atoms with Crippen LogP contribution in [0.4, 0.5) is 10.5 Å². The lowest BCUT2D eigenvalue weighted by Crippen LogP contribution is -2.14. The zero-order chi connectivity index (χ0) is 13.9. The molecule has 0 atom stereocenters. The number of ether oxygens (including phenoxy) is 1. The molecule has 0 aliphatic carbocycles. The van der Waals surface area contributed by atoms with Gasteiger partial charge in [-0.3, -0.25) is 5.32 Å². The highest BCUT2D eigenvalue weighted by Crippen LogP contribution is 2.10. The quantitative estimate of drug-likeness (QED) is 0.608. The number of hydrogen-bond donors (Lipinski definition) is 1. The average molecular weight is 281 g/mol. The van der Waals surface area contributed by atoms with Crippen LogP contribution in [-0.4, -0.2) is 18.6 Å². The third-order valence-corrected chi connectivity index (χ3v) is 2.77. The first-order valence-corrected chi connectivity index (χ1v) is 6.79. The van der Waals surface area contributed by atoms with E-state index in [0.717, 1.165) is 25.7 Å². The Kier molecular flexibility index (Phi) is 7.45. The van der Waals surface area contributed by atoms with Crippen molar-refractivity contribution in [3.63, 3.8) is 0 Å². The second-order valence-electron chi connectivity index (χ2n) is 4.06. The third kappa shape index (κ3) is 6.68. The van der Waals surface area contributed by atoms with Crippen molar-refractivity contribution >= 4 is 23.4 Å². The summed E-state index contributed by atoms with van der Waals surface area (Å²) in [6.45, 7) is 0.395. The molecule has 0 fully saturated rings. The van der Waals surface area contributed by atoms with Gasteiger partial charge in [-0.05, 0) is 31.0 Å². The lowest BCUT2D eigenvalue weighted by atomic mass is 10.2. The lowest BCUT2D eigenvalue weighted by Gasteiger charge is -2.07. The summed E-state index contributed by atoms with van der Waals surface area (Å²) >= 11 is 5.56. The zero-order valence-electron chi connectivity index (χ0n) is 10.7. The number of halogens is 1. The number of hydrogen-bond acceptors (Lipinski definition) is 3. The molecule has 19 heavy (non-hydrogen) atoms. The molecule has 1 N–H and O–H groups in total. The largest absolute Gasteiger partial charge is 0.449 e. The SMILES string of the molecule is N#Cc1cccc(NC(=O)OCCCCCCCl)c1. The summed E-state index contributed by atoms with van der Waals surface area (Å²) in [5.41, 5.74) is 1.06.